The highest BCUT2D eigenvalue weighted by Crippen LogP contribution is 2.49. The van der Waals surface area contributed by atoms with Gasteiger partial charge in [-0.2, -0.15) is 23.1 Å². The molecule has 46 heavy (non-hydrogen) atoms. The number of nitrogen functional groups attached to an aromatic ring is 1. The van der Waals surface area contributed by atoms with Crippen molar-refractivity contribution in [2.75, 3.05) is 43.4 Å². The van der Waals surface area contributed by atoms with Crippen LogP contribution >= 0.6 is 0 Å². The van der Waals surface area contributed by atoms with Gasteiger partial charge in [-0.1, -0.05) is 0 Å². The van der Waals surface area contributed by atoms with E-state index in [1.807, 2.05) is 16.7 Å². The summed E-state index contributed by atoms with van der Waals surface area (Å²) in [5.74, 6) is -2.20. The molecule has 0 unspecified atom stereocenters. The Bertz CT molecular complexity index is 1750. The van der Waals surface area contributed by atoms with Gasteiger partial charge in [0.15, 0.2) is 5.82 Å². The van der Waals surface area contributed by atoms with Crippen LogP contribution in [0.1, 0.15) is 43.7 Å². The number of anilines is 2. The topological polar surface area (TPSA) is 102 Å². The summed E-state index contributed by atoms with van der Waals surface area (Å²) in [4.78, 5) is 17.5. The van der Waals surface area contributed by atoms with Crippen LogP contribution in [0.3, 0.4) is 0 Å². The highest BCUT2D eigenvalue weighted by molar-refractivity contribution is 5.97. The van der Waals surface area contributed by atoms with Gasteiger partial charge in [0.2, 0.25) is 5.88 Å². The third-order valence-corrected chi connectivity index (χ3v) is 10.2. The van der Waals surface area contributed by atoms with E-state index < -0.39 is 58.2 Å². The SMILES string of the molecule is Cc1c(F)c(N)cc(-c2nc3c4c(nc(OCC5(CN6CC(F)C6)CC5)nc4c2F)N2C[C@H]4CC[C@H](N4)[C@H]2[C@H](C)O3)c1C(F)(F)F. The zero-order valence-corrected chi connectivity index (χ0v) is 25.2. The molecule has 4 fully saturated rings. The van der Waals surface area contributed by atoms with Crippen molar-refractivity contribution in [2.24, 2.45) is 5.41 Å². The lowest BCUT2D eigenvalue weighted by Gasteiger charge is -2.42. The van der Waals surface area contributed by atoms with E-state index in [1.54, 1.807) is 0 Å². The van der Waals surface area contributed by atoms with Gasteiger partial charge in [-0.15, -0.1) is 0 Å². The summed E-state index contributed by atoms with van der Waals surface area (Å²) in [6.45, 7) is 4.94. The van der Waals surface area contributed by atoms with Gasteiger partial charge in [0.05, 0.1) is 23.9 Å². The molecule has 1 aliphatic carbocycles. The summed E-state index contributed by atoms with van der Waals surface area (Å²) >= 11 is 0. The van der Waals surface area contributed by atoms with E-state index in [9.17, 15) is 22.0 Å². The Kier molecular flexibility index (Phi) is 6.61. The highest BCUT2D eigenvalue weighted by atomic mass is 19.4. The van der Waals surface area contributed by atoms with Crippen LogP contribution in [0, 0.1) is 24.0 Å². The monoisotopic (exact) mass is 649 g/mol. The molecular formula is C31H33F6N7O2. The number of aromatic nitrogens is 3. The van der Waals surface area contributed by atoms with E-state index in [0.29, 0.717) is 32.0 Å². The fourth-order valence-corrected chi connectivity index (χ4v) is 7.76. The molecule has 0 radical (unpaired) electrons. The predicted molar refractivity (Wildman–Crippen MR) is 157 cm³/mol. The number of rotatable bonds is 6. The molecule has 9 nitrogen and oxygen atoms in total. The number of fused-ring (bicyclic) bond motifs is 5. The summed E-state index contributed by atoms with van der Waals surface area (Å²) in [7, 11) is 0. The first kappa shape index (κ1) is 29.8. The predicted octanol–water partition coefficient (Wildman–Crippen LogP) is 4.78. The van der Waals surface area contributed by atoms with E-state index in [1.165, 1.54) is 0 Å². The number of hydrogen-bond donors (Lipinski definition) is 2. The third kappa shape index (κ3) is 4.71. The van der Waals surface area contributed by atoms with Crippen molar-refractivity contribution in [3.8, 4) is 23.1 Å². The van der Waals surface area contributed by atoms with Crippen LogP contribution in [0.25, 0.3) is 22.2 Å². The van der Waals surface area contributed by atoms with Crippen molar-refractivity contribution in [2.45, 2.75) is 76.1 Å². The summed E-state index contributed by atoms with van der Waals surface area (Å²) < 4.78 is 100. The van der Waals surface area contributed by atoms with Gasteiger partial charge in [-0.05, 0) is 51.2 Å². The maximum atomic E-state index is 16.7. The first-order valence-corrected chi connectivity index (χ1v) is 15.6. The Morgan fingerprint density at radius 3 is 2.57 bits per heavy atom. The maximum absolute atomic E-state index is 16.7. The number of benzene rings is 1. The summed E-state index contributed by atoms with van der Waals surface area (Å²) in [5.41, 5.74) is 1.05. The lowest BCUT2D eigenvalue weighted by molar-refractivity contribution is -0.137. The number of likely N-dealkylation sites (tertiary alicyclic amines) is 1. The molecule has 15 heteroatoms. The maximum Gasteiger partial charge on any atom is 0.417 e. The number of nitrogens with two attached hydrogens (primary N) is 1. The van der Waals surface area contributed by atoms with Gasteiger partial charge in [0.25, 0.3) is 0 Å². The van der Waals surface area contributed by atoms with Gasteiger partial charge in [0.1, 0.15) is 40.5 Å². The lowest BCUT2D eigenvalue weighted by atomic mass is 9.96. The van der Waals surface area contributed by atoms with Crippen LogP contribution in [0.4, 0.5) is 37.8 Å². The molecule has 2 bridgehead atoms. The molecule has 8 rings (SSSR count). The van der Waals surface area contributed by atoms with E-state index in [-0.39, 0.29) is 52.9 Å². The molecule has 246 valence electrons. The zero-order chi connectivity index (χ0) is 32.3. The quantitative estimate of drug-likeness (QED) is 0.289. The van der Waals surface area contributed by atoms with E-state index in [0.717, 1.165) is 38.7 Å². The summed E-state index contributed by atoms with van der Waals surface area (Å²) in [6, 6.07) is 0.563. The van der Waals surface area contributed by atoms with Crippen LogP contribution in [-0.2, 0) is 6.18 Å². The summed E-state index contributed by atoms with van der Waals surface area (Å²) in [6.07, 6.45) is -2.85. The van der Waals surface area contributed by atoms with Crippen molar-refractivity contribution in [1.29, 1.82) is 0 Å². The fourth-order valence-electron chi connectivity index (χ4n) is 7.76. The second-order valence-corrected chi connectivity index (χ2v) is 13.6. The Morgan fingerprint density at radius 1 is 1.11 bits per heavy atom. The van der Waals surface area contributed by atoms with Crippen LogP contribution < -0.4 is 25.4 Å². The number of alkyl halides is 4. The molecule has 3 N–H and O–H groups in total. The average molecular weight is 650 g/mol. The molecule has 3 saturated heterocycles. The molecule has 2 aromatic heterocycles. The van der Waals surface area contributed by atoms with Gasteiger partial charge in [0, 0.05) is 49.2 Å². The minimum Gasteiger partial charge on any atom is -0.472 e. The Hall–Kier alpha value is -3.59. The molecule has 1 aromatic carbocycles. The summed E-state index contributed by atoms with van der Waals surface area (Å²) in [5, 5.41) is 3.73. The molecule has 3 aromatic rings. The van der Waals surface area contributed by atoms with Gasteiger partial charge >= 0.3 is 12.2 Å². The second-order valence-electron chi connectivity index (χ2n) is 13.6. The first-order chi connectivity index (χ1) is 21.8. The van der Waals surface area contributed by atoms with Crippen molar-refractivity contribution in [3.05, 3.63) is 28.8 Å². The number of piperazine rings is 1. The van der Waals surface area contributed by atoms with Crippen molar-refractivity contribution >= 4 is 22.4 Å². The number of pyridine rings is 1. The molecule has 6 heterocycles. The average Bonchev–Trinajstić information content (AvgIpc) is 3.68. The number of nitrogens with one attached hydrogen (secondary N) is 1. The number of halogens is 6. The minimum absolute atomic E-state index is 0.0312. The van der Waals surface area contributed by atoms with Crippen molar-refractivity contribution in [1.82, 2.24) is 25.2 Å². The number of ether oxygens (including phenoxy) is 2. The largest absolute Gasteiger partial charge is 0.472 e. The molecule has 4 aliphatic heterocycles. The van der Waals surface area contributed by atoms with Crippen LogP contribution in [0.2, 0.25) is 0 Å². The molecule has 4 atom stereocenters. The highest BCUT2D eigenvalue weighted by Gasteiger charge is 2.49. The van der Waals surface area contributed by atoms with Crippen LogP contribution in [0.5, 0.6) is 11.9 Å². The zero-order valence-electron chi connectivity index (χ0n) is 25.2. The van der Waals surface area contributed by atoms with Crippen molar-refractivity contribution < 1.29 is 35.8 Å². The van der Waals surface area contributed by atoms with Gasteiger partial charge < -0.3 is 25.4 Å². The van der Waals surface area contributed by atoms with Crippen molar-refractivity contribution in [3.63, 3.8) is 0 Å². The number of nitrogens with zero attached hydrogens (tertiary/aromatic N) is 5. The normalized spacial score (nSPS) is 26.8. The van der Waals surface area contributed by atoms with E-state index >= 15 is 4.39 Å². The van der Waals surface area contributed by atoms with Crippen LogP contribution in [0.15, 0.2) is 6.07 Å². The van der Waals surface area contributed by atoms with Gasteiger partial charge in [-0.25, -0.2) is 18.2 Å². The molecule has 0 spiro atoms. The first-order valence-electron chi connectivity index (χ1n) is 15.6. The Morgan fingerprint density at radius 2 is 1.87 bits per heavy atom. The molecule has 1 saturated carbocycles. The smallest absolute Gasteiger partial charge is 0.417 e. The Balaban J connectivity index is 1.29. The minimum atomic E-state index is -5.05. The van der Waals surface area contributed by atoms with E-state index in [4.69, 9.17) is 20.2 Å². The standard InChI is InChI=1S/C31H33F6N7O2/c1-13-21(31(35,36)37)17(7-18(38)22(13)33)24-23(34)25-20-27(42-29(41-25)45-12-30(5-6-30)11-43-8-15(32)9-43)44-10-16-3-4-19(39-16)26(44)14(2)46-28(20)40-24/h7,14-16,19,26,39H,3-6,8-12,38H2,1-2H3/t14-,16+,19-,26+/m0/s1. The Labute approximate surface area is 260 Å². The lowest BCUT2D eigenvalue weighted by Crippen LogP contribution is -2.62. The second kappa shape index (κ2) is 10.2. The van der Waals surface area contributed by atoms with E-state index in [2.05, 4.69) is 15.3 Å². The molecule has 5 aliphatic rings. The molecular weight excluding hydrogens is 616 g/mol. The van der Waals surface area contributed by atoms with Gasteiger partial charge in [-0.3, -0.25) is 4.90 Å². The fraction of sp³-hybridized carbons (Fsp3) is 0.581. The number of hydrogen-bond acceptors (Lipinski definition) is 9. The van der Waals surface area contributed by atoms with Crippen LogP contribution in [-0.4, -0.2) is 83.0 Å². The molecule has 0 amide bonds. The third-order valence-electron chi connectivity index (χ3n) is 10.2.